The second kappa shape index (κ2) is 9.19. The number of hydrogen-bond donors (Lipinski definition) is 1. The lowest BCUT2D eigenvalue weighted by atomic mass is 10.1. The topological polar surface area (TPSA) is 105 Å². The van der Waals surface area contributed by atoms with Gasteiger partial charge in [-0.3, -0.25) is 14.8 Å². The van der Waals surface area contributed by atoms with Gasteiger partial charge in [-0.05, 0) is 37.1 Å². The Hall–Kier alpha value is -3.72. The fourth-order valence-electron chi connectivity index (χ4n) is 3.59. The summed E-state index contributed by atoms with van der Waals surface area (Å²) >= 11 is 1.48. The van der Waals surface area contributed by atoms with E-state index in [4.69, 9.17) is 20.2 Å². The molecule has 164 valence electrons. The quantitative estimate of drug-likeness (QED) is 0.439. The van der Waals surface area contributed by atoms with Crippen LogP contribution in [0.5, 0.6) is 11.5 Å². The van der Waals surface area contributed by atoms with E-state index < -0.39 is 5.91 Å². The van der Waals surface area contributed by atoms with Crippen molar-refractivity contribution in [3.8, 4) is 33.6 Å². The molecule has 0 spiro atoms. The molecule has 0 unspecified atom stereocenters. The van der Waals surface area contributed by atoms with Gasteiger partial charge in [0.05, 0.1) is 37.4 Å². The van der Waals surface area contributed by atoms with E-state index in [1.165, 1.54) is 11.3 Å². The zero-order valence-electron chi connectivity index (χ0n) is 18.0. The Balaban J connectivity index is 1.67. The molecule has 9 heteroatoms. The van der Waals surface area contributed by atoms with Crippen LogP contribution < -0.4 is 15.2 Å². The van der Waals surface area contributed by atoms with E-state index in [0.717, 1.165) is 34.1 Å². The van der Waals surface area contributed by atoms with E-state index >= 15 is 0 Å². The molecule has 2 N–H and O–H groups in total. The van der Waals surface area contributed by atoms with Gasteiger partial charge in [0.15, 0.2) is 11.5 Å². The molecule has 0 aliphatic heterocycles. The second-order valence-corrected chi connectivity index (χ2v) is 7.97. The molecule has 0 bridgehead atoms. The van der Waals surface area contributed by atoms with Crippen molar-refractivity contribution in [1.29, 1.82) is 0 Å². The molecule has 3 heterocycles. The largest absolute Gasteiger partial charge is 0.493 e. The Kier molecular flexibility index (Phi) is 6.18. The van der Waals surface area contributed by atoms with Gasteiger partial charge in [-0.1, -0.05) is 6.07 Å². The summed E-state index contributed by atoms with van der Waals surface area (Å²) in [4.78, 5) is 25.2. The first-order chi connectivity index (χ1) is 15.5. The zero-order chi connectivity index (χ0) is 22.7. The molecule has 0 radical (unpaired) electrons. The molecular weight excluding hydrogens is 426 g/mol. The SMILES string of the molecule is COc1ccc(CCn2c(-c3csc(-c4cnccn4)n3)cc(C(N)=O)c2C)cc1OC. The Morgan fingerprint density at radius 2 is 1.94 bits per heavy atom. The number of aryl methyl sites for hydroxylation is 1. The molecule has 32 heavy (non-hydrogen) atoms. The summed E-state index contributed by atoms with van der Waals surface area (Å²) in [6.07, 6.45) is 5.67. The van der Waals surface area contributed by atoms with Crippen molar-refractivity contribution < 1.29 is 14.3 Å². The van der Waals surface area contributed by atoms with Gasteiger partial charge in [0.1, 0.15) is 10.7 Å². The van der Waals surface area contributed by atoms with Crippen molar-refractivity contribution in [2.75, 3.05) is 14.2 Å². The van der Waals surface area contributed by atoms with Crippen molar-refractivity contribution in [1.82, 2.24) is 19.5 Å². The van der Waals surface area contributed by atoms with Gasteiger partial charge in [-0.2, -0.15) is 0 Å². The van der Waals surface area contributed by atoms with Crippen LogP contribution in [0.25, 0.3) is 22.1 Å². The van der Waals surface area contributed by atoms with E-state index in [0.29, 0.717) is 29.3 Å². The van der Waals surface area contributed by atoms with E-state index in [1.54, 1.807) is 32.8 Å². The normalized spacial score (nSPS) is 10.8. The first kappa shape index (κ1) is 21.5. The summed E-state index contributed by atoms with van der Waals surface area (Å²) in [5, 5.41) is 2.72. The maximum absolute atomic E-state index is 12.0. The van der Waals surface area contributed by atoms with Crippen LogP contribution in [0.2, 0.25) is 0 Å². The molecule has 0 saturated heterocycles. The number of carbonyl (C=O) groups is 1. The minimum Gasteiger partial charge on any atom is -0.493 e. The van der Waals surface area contributed by atoms with Crippen LogP contribution >= 0.6 is 11.3 Å². The third-order valence-electron chi connectivity index (χ3n) is 5.25. The van der Waals surface area contributed by atoms with Crippen LogP contribution in [0.15, 0.2) is 48.2 Å². The van der Waals surface area contributed by atoms with Crippen LogP contribution in [0.1, 0.15) is 21.6 Å². The second-order valence-electron chi connectivity index (χ2n) is 7.11. The summed E-state index contributed by atoms with van der Waals surface area (Å²) in [7, 11) is 3.23. The average molecular weight is 450 g/mol. The molecule has 0 aliphatic rings. The van der Waals surface area contributed by atoms with Gasteiger partial charge in [0.25, 0.3) is 5.91 Å². The van der Waals surface area contributed by atoms with Crippen molar-refractivity contribution in [3.05, 3.63) is 65.1 Å². The lowest BCUT2D eigenvalue weighted by Crippen LogP contribution is -2.13. The van der Waals surface area contributed by atoms with E-state index in [2.05, 4.69) is 14.5 Å². The van der Waals surface area contributed by atoms with Crippen LogP contribution in [-0.4, -0.2) is 39.6 Å². The highest BCUT2D eigenvalue weighted by Crippen LogP contribution is 2.32. The number of benzene rings is 1. The smallest absolute Gasteiger partial charge is 0.250 e. The molecular formula is C23H23N5O3S. The van der Waals surface area contributed by atoms with Crippen molar-refractivity contribution in [3.63, 3.8) is 0 Å². The molecule has 0 atom stereocenters. The number of rotatable bonds is 8. The Bertz CT molecular complexity index is 1250. The number of methoxy groups -OCH3 is 2. The third-order valence-corrected chi connectivity index (χ3v) is 6.12. The highest BCUT2D eigenvalue weighted by molar-refractivity contribution is 7.13. The molecule has 8 nitrogen and oxygen atoms in total. The fourth-order valence-corrected chi connectivity index (χ4v) is 4.36. The summed E-state index contributed by atoms with van der Waals surface area (Å²) in [5.74, 6) is 0.905. The summed E-state index contributed by atoms with van der Waals surface area (Å²) in [6, 6.07) is 7.66. The first-order valence-electron chi connectivity index (χ1n) is 9.95. The zero-order valence-corrected chi connectivity index (χ0v) is 18.8. The molecule has 0 aliphatic carbocycles. The standard InChI is InChI=1S/C23H23N5O3S/c1-14-16(22(24)29)11-19(18-13-32-23(27-18)17-12-25-7-8-26-17)28(14)9-6-15-4-5-20(30-2)21(10-15)31-3/h4-5,7-8,10-13H,6,9H2,1-3H3,(H2,24,29). The molecule has 4 rings (SSSR count). The number of ether oxygens (including phenoxy) is 2. The summed E-state index contributed by atoms with van der Waals surface area (Å²) in [6.45, 7) is 2.54. The number of carbonyl (C=O) groups excluding carboxylic acids is 1. The first-order valence-corrected chi connectivity index (χ1v) is 10.8. The third kappa shape index (κ3) is 4.19. The number of hydrogen-bond acceptors (Lipinski definition) is 7. The molecule has 1 aromatic carbocycles. The molecule has 1 amide bonds. The van der Waals surface area contributed by atoms with Crippen LogP contribution in [0, 0.1) is 6.92 Å². The van der Waals surface area contributed by atoms with Crippen molar-refractivity contribution in [2.24, 2.45) is 5.73 Å². The Labute approximate surface area is 189 Å². The number of aromatic nitrogens is 4. The Morgan fingerprint density at radius 1 is 1.12 bits per heavy atom. The van der Waals surface area contributed by atoms with Crippen LogP contribution in [0.4, 0.5) is 0 Å². The maximum Gasteiger partial charge on any atom is 0.250 e. The fraction of sp³-hybridized carbons (Fsp3) is 0.217. The average Bonchev–Trinajstić information content (AvgIpc) is 3.43. The van der Waals surface area contributed by atoms with Crippen molar-refractivity contribution in [2.45, 2.75) is 19.9 Å². The monoisotopic (exact) mass is 449 g/mol. The molecule has 4 aromatic rings. The van der Waals surface area contributed by atoms with Crippen LogP contribution in [-0.2, 0) is 13.0 Å². The molecule has 3 aromatic heterocycles. The minimum atomic E-state index is -0.460. The van der Waals surface area contributed by atoms with Gasteiger partial charge in [-0.25, -0.2) is 4.98 Å². The number of nitrogens with zero attached hydrogens (tertiary/aromatic N) is 4. The van der Waals surface area contributed by atoms with Crippen molar-refractivity contribution >= 4 is 17.2 Å². The number of thiazole rings is 1. The minimum absolute atomic E-state index is 0.460. The van der Waals surface area contributed by atoms with Crippen LogP contribution in [0.3, 0.4) is 0 Å². The predicted molar refractivity (Wildman–Crippen MR) is 123 cm³/mol. The molecule has 0 saturated carbocycles. The van der Waals surface area contributed by atoms with E-state index in [1.807, 2.05) is 36.6 Å². The predicted octanol–water partition coefficient (Wildman–Crippen LogP) is 3.74. The number of amides is 1. The lowest BCUT2D eigenvalue weighted by molar-refractivity contribution is 0.0999. The Morgan fingerprint density at radius 3 is 2.62 bits per heavy atom. The number of nitrogens with two attached hydrogens (primary N) is 1. The lowest BCUT2D eigenvalue weighted by Gasteiger charge is -2.13. The van der Waals surface area contributed by atoms with Gasteiger partial charge < -0.3 is 19.8 Å². The maximum atomic E-state index is 12.0. The summed E-state index contributed by atoms with van der Waals surface area (Å²) < 4.78 is 12.8. The molecule has 0 fully saturated rings. The van der Waals surface area contributed by atoms with Gasteiger partial charge >= 0.3 is 0 Å². The van der Waals surface area contributed by atoms with Gasteiger partial charge in [-0.15, -0.1) is 11.3 Å². The summed E-state index contributed by atoms with van der Waals surface area (Å²) in [5.41, 5.74) is 10.3. The van der Waals surface area contributed by atoms with E-state index in [9.17, 15) is 4.79 Å². The number of primary amides is 1. The van der Waals surface area contributed by atoms with Gasteiger partial charge in [0.2, 0.25) is 0 Å². The highest BCUT2D eigenvalue weighted by Gasteiger charge is 2.19. The van der Waals surface area contributed by atoms with E-state index in [-0.39, 0.29) is 0 Å². The highest BCUT2D eigenvalue weighted by atomic mass is 32.1. The van der Waals surface area contributed by atoms with Gasteiger partial charge in [0, 0.05) is 30.0 Å².